The SMILES string of the molecule is O=C(c1cnc(NCCc2cnn(-c3ccccc3)c2)c(Cl)c1)N1CCCCC1. The zero-order valence-electron chi connectivity index (χ0n) is 16.2. The van der Waals surface area contributed by atoms with Gasteiger partial charge in [-0.25, -0.2) is 9.67 Å². The van der Waals surface area contributed by atoms with Crippen molar-refractivity contribution in [3.8, 4) is 5.69 Å². The number of carbonyl (C=O) groups excluding carboxylic acids is 1. The van der Waals surface area contributed by atoms with E-state index >= 15 is 0 Å². The fourth-order valence-corrected chi connectivity index (χ4v) is 3.73. The molecule has 0 spiro atoms. The lowest BCUT2D eigenvalue weighted by molar-refractivity contribution is 0.0724. The second-order valence-electron chi connectivity index (χ2n) is 7.21. The highest BCUT2D eigenvalue weighted by Crippen LogP contribution is 2.22. The van der Waals surface area contributed by atoms with Gasteiger partial charge in [0.05, 0.1) is 22.5 Å². The molecular weight excluding hydrogens is 386 g/mol. The number of aromatic nitrogens is 3. The molecule has 1 aromatic carbocycles. The Hall–Kier alpha value is -2.86. The summed E-state index contributed by atoms with van der Waals surface area (Å²) in [4.78, 5) is 18.8. The standard InChI is InChI=1S/C22H24ClN5O/c23-20-13-18(22(29)27-11-5-2-6-12-27)15-25-21(20)24-10-9-17-14-26-28(16-17)19-7-3-1-4-8-19/h1,3-4,7-8,13-16H,2,5-6,9-12H2,(H,24,25). The number of piperidine rings is 1. The van der Waals surface area contributed by atoms with E-state index in [0.29, 0.717) is 22.9 Å². The molecule has 7 heteroatoms. The molecule has 1 amide bonds. The van der Waals surface area contributed by atoms with Gasteiger partial charge in [0, 0.05) is 32.0 Å². The number of carbonyl (C=O) groups is 1. The summed E-state index contributed by atoms with van der Waals surface area (Å²) in [7, 11) is 0. The van der Waals surface area contributed by atoms with Crippen molar-refractivity contribution in [1.82, 2.24) is 19.7 Å². The molecule has 0 radical (unpaired) electrons. The number of pyridine rings is 1. The smallest absolute Gasteiger partial charge is 0.255 e. The van der Waals surface area contributed by atoms with E-state index in [9.17, 15) is 4.79 Å². The summed E-state index contributed by atoms with van der Waals surface area (Å²) in [6.45, 7) is 2.30. The van der Waals surface area contributed by atoms with Gasteiger partial charge in [0.25, 0.3) is 5.91 Å². The van der Waals surface area contributed by atoms with Gasteiger partial charge >= 0.3 is 0 Å². The van der Waals surface area contributed by atoms with Crippen LogP contribution in [0.25, 0.3) is 5.69 Å². The highest BCUT2D eigenvalue weighted by molar-refractivity contribution is 6.33. The first-order chi connectivity index (χ1) is 14.2. The van der Waals surface area contributed by atoms with Crippen molar-refractivity contribution in [2.24, 2.45) is 0 Å². The molecule has 2 aromatic heterocycles. The topological polar surface area (TPSA) is 63.1 Å². The molecule has 3 aromatic rings. The fraction of sp³-hybridized carbons (Fsp3) is 0.318. The van der Waals surface area contributed by atoms with Crippen molar-refractivity contribution < 1.29 is 4.79 Å². The molecule has 1 saturated heterocycles. The lowest BCUT2D eigenvalue weighted by Crippen LogP contribution is -2.35. The van der Waals surface area contributed by atoms with Gasteiger partial charge in [-0.2, -0.15) is 5.10 Å². The number of nitrogens with one attached hydrogen (secondary N) is 1. The van der Waals surface area contributed by atoms with Crippen molar-refractivity contribution in [1.29, 1.82) is 0 Å². The molecule has 4 rings (SSSR count). The molecule has 150 valence electrons. The minimum atomic E-state index is 0.0129. The van der Waals surface area contributed by atoms with Gasteiger partial charge in [-0.1, -0.05) is 29.8 Å². The van der Waals surface area contributed by atoms with Crippen LogP contribution < -0.4 is 5.32 Å². The van der Waals surface area contributed by atoms with Gasteiger partial charge in [0.15, 0.2) is 0 Å². The van der Waals surface area contributed by atoms with E-state index in [-0.39, 0.29) is 5.91 Å². The van der Waals surface area contributed by atoms with Crippen LogP contribution in [0.3, 0.4) is 0 Å². The third-order valence-corrected chi connectivity index (χ3v) is 5.38. The van der Waals surface area contributed by atoms with Crippen LogP contribution in [0.15, 0.2) is 55.0 Å². The van der Waals surface area contributed by atoms with Crippen LogP contribution in [-0.2, 0) is 6.42 Å². The number of nitrogens with zero attached hydrogens (tertiary/aromatic N) is 4. The highest BCUT2D eigenvalue weighted by Gasteiger charge is 2.19. The summed E-state index contributed by atoms with van der Waals surface area (Å²) in [6.07, 6.45) is 9.60. The second-order valence-corrected chi connectivity index (χ2v) is 7.62. The van der Waals surface area contributed by atoms with Crippen LogP contribution in [-0.4, -0.2) is 45.2 Å². The van der Waals surface area contributed by atoms with E-state index < -0.39 is 0 Å². The Labute approximate surface area is 175 Å². The Bertz CT molecular complexity index is 966. The van der Waals surface area contributed by atoms with Gasteiger partial charge in [0.2, 0.25) is 0 Å². The fourth-order valence-electron chi connectivity index (χ4n) is 3.50. The molecule has 0 aliphatic carbocycles. The van der Waals surface area contributed by atoms with Gasteiger partial charge < -0.3 is 10.2 Å². The van der Waals surface area contributed by atoms with E-state index in [1.165, 1.54) is 6.42 Å². The minimum absolute atomic E-state index is 0.0129. The van der Waals surface area contributed by atoms with Gasteiger partial charge in [-0.05, 0) is 49.4 Å². The average Bonchev–Trinajstić information content (AvgIpc) is 3.24. The lowest BCUT2D eigenvalue weighted by Gasteiger charge is -2.26. The number of hydrogen-bond donors (Lipinski definition) is 1. The normalized spacial score (nSPS) is 14.0. The molecule has 29 heavy (non-hydrogen) atoms. The van der Waals surface area contributed by atoms with E-state index in [0.717, 1.165) is 43.6 Å². The summed E-state index contributed by atoms with van der Waals surface area (Å²) in [5, 5.41) is 8.13. The molecule has 1 aliphatic rings. The van der Waals surface area contributed by atoms with Crippen LogP contribution in [0, 0.1) is 0 Å². The lowest BCUT2D eigenvalue weighted by atomic mass is 10.1. The molecule has 3 heterocycles. The van der Waals surface area contributed by atoms with Crippen LogP contribution in [0.5, 0.6) is 0 Å². The maximum atomic E-state index is 12.6. The Morgan fingerprint density at radius 3 is 2.66 bits per heavy atom. The first-order valence-corrected chi connectivity index (χ1v) is 10.4. The number of likely N-dealkylation sites (tertiary alicyclic amines) is 1. The zero-order valence-corrected chi connectivity index (χ0v) is 17.0. The molecule has 0 saturated carbocycles. The Morgan fingerprint density at radius 2 is 1.90 bits per heavy atom. The molecule has 1 N–H and O–H groups in total. The molecular formula is C22H24ClN5O. The Balaban J connectivity index is 1.33. The molecule has 1 aliphatic heterocycles. The quantitative estimate of drug-likeness (QED) is 0.662. The minimum Gasteiger partial charge on any atom is -0.369 e. The Kier molecular flexibility index (Phi) is 6.10. The van der Waals surface area contributed by atoms with Crippen molar-refractivity contribution >= 4 is 23.3 Å². The molecule has 0 atom stereocenters. The first-order valence-electron chi connectivity index (χ1n) is 9.98. The monoisotopic (exact) mass is 409 g/mol. The molecule has 1 fully saturated rings. The van der Waals surface area contributed by atoms with Gasteiger partial charge in [0.1, 0.15) is 5.82 Å². The van der Waals surface area contributed by atoms with Crippen LogP contribution in [0.4, 0.5) is 5.82 Å². The summed E-state index contributed by atoms with van der Waals surface area (Å²) >= 11 is 6.37. The highest BCUT2D eigenvalue weighted by atomic mass is 35.5. The largest absolute Gasteiger partial charge is 0.369 e. The van der Waals surface area contributed by atoms with E-state index in [1.54, 1.807) is 12.3 Å². The molecule has 6 nitrogen and oxygen atoms in total. The Morgan fingerprint density at radius 1 is 1.10 bits per heavy atom. The number of halogens is 1. The third kappa shape index (κ3) is 4.77. The summed E-state index contributed by atoms with van der Waals surface area (Å²) in [5.74, 6) is 0.608. The van der Waals surface area contributed by atoms with Crippen LogP contribution >= 0.6 is 11.6 Å². The van der Waals surface area contributed by atoms with Crippen molar-refractivity contribution in [2.45, 2.75) is 25.7 Å². The van der Waals surface area contributed by atoms with E-state index in [4.69, 9.17) is 11.6 Å². The van der Waals surface area contributed by atoms with Gasteiger partial charge in [-0.15, -0.1) is 0 Å². The third-order valence-electron chi connectivity index (χ3n) is 5.09. The molecule has 0 unspecified atom stereocenters. The number of hydrogen-bond acceptors (Lipinski definition) is 4. The number of rotatable bonds is 6. The number of amides is 1. The van der Waals surface area contributed by atoms with Crippen molar-refractivity contribution in [2.75, 3.05) is 25.0 Å². The molecule has 0 bridgehead atoms. The van der Waals surface area contributed by atoms with Crippen molar-refractivity contribution in [3.05, 3.63) is 71.1 Å². The number of para-hydroxylation sites is 1. The van der Waals surface area contributed by atoms with Crippen LogP contribution in [0.1, 0.15) is 35.2 Å². The number of benzene rings is 1. The number of anilines is 1. The van der Waals surface area contributed by atoms with Gasteiger partial charge in [-0.3, -0.25) is 4.79 Å². The predicted molar refractivity (Wildman–Crippen MR) is 115 cm³/mol. The summed E-state index contributed by atoms with van der Waals surface area (Å²) in [6, 6.07) is 11.7. The zero-order chi connectivity index (χ0) is 20.1. The van der Waals surface area contributed by atoms with E-state index in [2.05, 4.69) is 15.4 Å². The maximum absolute atomic E-state index is 12.6. The summed E-state index contributed by atoms with van der Waals surface area (Å²) < 4.78 is 1.86. The van der Waals surface area contributed by atoms with Crippen LogP contribution in [0.2, 0.25) is 5.02 Å². The maximum Gasteiger partial charge on any atom is 0.255 e. The average molecular weight is 410 g/mol. The van der Waals surface area contributed by atoms with E-state index in [1.807, 2.05) is 52.3 Å². The summed E-state index contributed by atoms with van der Waals surface area (Å²) in [5.41, 5.74) is 2.70. The predicted octanol–water partition coefficient (Wildman–Crippen LogP) is 4.20. The second kappa shape index (κ2) is 9.09. The van der Waals surface area contributed by atoms with Crippen molar-refractivity contribution in [3.63, 3.8) is 0 Å². The first kappa shape index (κ1) is 19.5.